The molecular formula is C22H28N2O. The molecule has 0 bridgehead atoms. The Hall–Kier alpha value is -2.13. The van der Waals surface area contributed by atoms with Gasteiger partial charge in [0.15, 0.2) is 0 Å². The lowest BCUT2D eigenvalue weighted by atomic mass is 9.93. The largest absolute Gasteiger partial charge is 0.356 e. The molecule has 0 radical (unpaired) electrons. The molecule has 3 nitrogen and oxygen atoms in total. The standard InChI is InChI=1S/C22H28N2O/c25-22(17-20-7-3-1-4-8-20)23-14-11-19-12-15-24(16-13-19)18-21-9-5-2-6-10-21/h1-10,19H,11-18H2,(H,23,25). The molecule has 0 atom stereocenters. The van der Waals surface area contributed by atoms with E-state index in [0.29, 0.717) is 6.42 Å². The highest BCUT2D eigenvalue weighted by Crippen LogP contribution is 2.21. The second-order valence-corrected chi connectivity index (χ2v) is 7.01. The number of benzene rings is 2. The van der Waals surface area contributed by atoms with Crippen LogP contribution in [-0.2, 0) is 17.8 Å². The molecule has 2 aromatic carbocycles. The van der Waals surface area contributed by atoms with Crippen molar-refractivity contribution in [3.8, 4) is 0 Å². The summed E-state index contributed by atoms with van der Waals surface area (Å²) in [6.07, 6.45) is 4.05. The van der Waals surface area contributed by atoms with E-state index < -0.39 is 0 Å². The molecule has 1 aliphatic heterocycles. The number of hydrogen-bond donors (Lipinski definition) is 1. The summed E-state index contributed by atoms with van der Waals surface area (Å²) in [4.78, 5) is 14.5. The summed E-state index contributed by atoms with van der Waals surface area (Å²) in [6, 6.07) is 20.6. The van der Waals surface area contributed by atoms with Crippen LogP contribution in [0.15, 0.2) is 60.7 Å². The molecule has 132 valence electrons. The van der Waals surface area contributed by atoms with Gasteiger partial charge in [-0.25, -0.2) is 0 Å². The molecule has 1 aliphatic rings. The second kappa shape index (κ2) is 9.38. The third kappa shape index (κ3) is 6.02. The number of likely N-dealkylation sites (tertiary alicyclic amines) is 1. The van der Waals surface area contributed by atoms with Crippen LogP contribution in [0.5, 0.6) is 0 Å². The van der Waals surface area contributed by atoms with Crippen LogP contribution in [-0.4, -0.2) is 30.4 Å². The predicted octanol–water partition coefficient (Wildman–Crippen LogP) is 3.65. The Bertz CT molecular complexity index is 634. The highest BCUT2D eigenvalue weighted by atomic mass is 16.1. The summed E-state index contributed by atoms with van der Waals surface area (Å²) >= 11 is 0. The zero-order valence-corrected chi connectivity index (χ0v) is 14.9. The van der Waals surface area contributed by atoms with Crippen LogP contribution in [0, 0.1) is 5.92 Å². The van der Waals surface area contributed by atoms with Crippen molar-refractivity contribution in [1.29, 1.82) is 0 Å². The van der Waals surface area contributed by atoms with Crippen molar-refractivity contribution in [1.82, 2.24) is 10.2 Å². The molecule has 1 amide bonds. The van der Waals surface area contributed by atoms with Crippen molar-refractivity contribution in [2.75, 3.05) is 19.6 Å². The molecule has 0 unspecified atom stereocenters. The van der Waals surface area contributed by atoms with Crippen molar-refractivity contribution in [2.45, 2.75) is 32.2 Å². The monoisotopic (exact) mass is 336 g/mol. The van der Waals surface area contributed by atoms with Crippen LogP contribution in [0.4, 0.5) is 0 Å². The fourth-order valence-electron chi connectivity index (χ4n) is 3.53. The molecule has 0 saturated carbocycles. The van der Waals surface area contributed by atoms with E-state index in [9.17, 15) is 4.79 Å². The lowest BCUT2D eigenvalue weighted by molar-refractivity contribution is -0.120. The number of piperidine rings is 1. The number of nitrogens with one attached hydrogen (secondary N) is 1. The SMILES string of the molecule is O=C(Cc1ccccc1)NCCC1CCN(Cc2ccccc2)CC1. The molecular weight excluding hydrogens is 308 g/mol. The number of carbonyl (C=O) groups excluding carboxylic acids is 1. The molecule has 1 heterocycles. The molecule has 3 heteroatoms. The van der Waals surface area contributed by atoms with E-state index in [1.165, 1.54) is 18.4 Å². The van der Waals surface area contributed by atoms with E-state index >= 15 is 0 Å². The molecule has 0 spiro atoms. The molecule has 0 aromatic heterocycles. The first kappa shape index (κ1) is 17.7. The van der Waals surface area contributed by atoms with Gasteiger partial charge in [-0.3, -0.25) is 9.69 Å². The van der Waals surface area contributed by atoms with Gasteiger partial charge in [0.05, 0.1) is 6.42 Å². The van der Waals surface area contributed by atoms with Crippen LogP contribution >= 0.6 is 0 Å². The number of carbonyl (C=O) groups is 1. The lowest BCUT2D eigenvalue weighted by Gasteiger charge is -2.32. The summed E-state index contributed by atoms with van der Waals surface area (Å²) in [7, 11) is 0. The normalized spacial score (nSPS) is 15.8. The maximum atomic E-state index is 12.0. The lowest BCUT2D eigenvalue weighted by Crippen LogP contribution is -2.35. The topological polar surface area (TPSA) is 32.3 Å². The Morgan fingerprint density at radius 1 is 0.920 bits per heavy atom. The van der Waals surface area contributed by atoms with E-state index in [2.05, 4.69) is 40.5 Å². The minimum Gasteiger partial charge on any atom is -0.356 e. The van der Waals surface area contributed by atoms with Gasteiger partial charge in [-0.1, -0.05) is 60.7 Å². The van der Waals surface area contributed by atoms with Gasteiger partial charge in [-0.2, -0.15) is 0 Å². The van der Waals surface area contributed by atoms with Crippen LogP contribution in [0.1, 0.15) is 30.4 Å². The first-order valence-electron chi connectivity index (χ1n) is 9.36. The molecule has 0 aliphatic carbocycles. The van der Waals surface area contributed by atoms with Crippen LogP contribution in [0.25, 0.3) is 0 Å². The van der Waals surface area contributed by atoms with Crippen LogP contribution in [0.2, 0.25) is 0 Å². The maximum Gasteiger partial charge on any atom is 0.224 e. The average molecular weight is 336 g/mol. The zero-order chi connectivity index (χ0) is 17.3. The van der Waals surface area contributed by atoms with E-state index in [1.807, 2.05) is 30.3 Å². The molecule has 1 N–H and O–H groups in total. The summed E-state index contributed by atoms with van der Waals surface area (Å²) < 4.78 is 0. The molecule has 1 saturated heterocycles. The van der Waals surface area contributed by atoms with Crippen molar-refractivity contribution in [2.24, 2.45) is 5.92 Å². The Labute approximate surface area is 151 Å². The van der Waals surface area contributed by atoms with Gasteiger partial charge < -0.3 is 5.32 Å². The fraction of sp³-hybridized carbons (Fsp3) is 0.409. The first-order valence-corrected chi connectivity index (χ1v) is 9.36. The Balaban J connectivity index is 1.31. The summed E-state index contributed by atoms with van der Waals surface area (Å²) in [5, 5.41) is 3.08. The van der Waals surface area contributed by atoms with Crippen molar-refractivity contribution >= 4 is 5.91 Å². The van der Waals surface area contributed by atoms with E-state index in [-0.39, 0.29) is 5.91 Å². The van der Waals surface area contributed by atoms with E-state index in [4.69, 9.17) is 0 Å². The maximum absolute atomic E-state index is 12.0. The first-order chi connectivity index (χ1) is 12.3. The minimum atomic E-state index is 0.132. The van der Waals surface area contributed by atoms with Gasteiger partial charge in [0, 0.05) is 13.1 Å². The van der Waals surface area contributed by atoms with Gasteiger partial charge in [0.25, 0.3) is 0 Å². The third-order valence-electron chi connectivity index (χ3n) is 5.04. The second-order valence-electron chi connectivity index (χ2n) is 7.01. The average Bonchev–Trinajstić information content (AvgIpc) is 2.65. The third-order valence-corrected chi connectivity index (χ3v) is 5.04. The van der Waals surface area contributed by atoms with E-state index in [1.54, 1.807) is 0 Å². The number of amides is 1. The van der Waals surface area contributed by atoms with Crippen molar-refractivity contribution in [3.63, 3.8) is 0 Å². The number of rotatable bonds is 7. The fourth-order valence-corrected chi connectivity index (χ4v) is 3.53. The van der Waals surface area contributed by atoms with E-state index in [0.717, 1.165) is 44.1 Å². The van der Waals surface area contributed by atoms with Gasteiger partial charge >= 0.3 is 0 Å². The Kier molecular flexibility index (Phi) is 6.63. The summed E-state index contributed by atoms with van der Waals surface area (Å²) in [6.45, 7) is 4.19. The highest BCUT2D eigenvalue weighted by Gasteiger charge is 2.19. The molecule has 3 rings (SSSR count). The number of hydrogen-bond acceptors (Lipinski definition) is 2. The van der Waals surface area contributed by atoms with Gasteiger partial charge in [0.1, 0.15) is 0 Å². The molecule has 1 fully saturated rings. The number of nitrogens with zero attached hydrogens (tertiary/aromatic N) is 1. The van der Waals surface area contributed by atoms with Crippen LogP contribution < -0.4 is 5.32 Å². The molecule has 2 aromatic rings. The highest BCUT2D eigenvalue weighted by molar-refractivity contribution is 5.78. The smallest absolute Gasteiger partial charge is 0.224 e. The van der Waals surface area contributed by atoms with Crippen molar-refractivity contribution < 1.29 is 4.79 Å². The van der Waals surface area contributed by atoms with Crippen molar-refractivity contribution in [3.05, 3.63) is 71.8 Å². The molecule has 25 heavy (non-hydrogen) atoms. The van der Waals surface area contributed by atoms with Gasteiger partial charge in [0.2, 0.25) is 5.91 Å². The van der Waals surface area contributed by atoms with Crippen LogP contribution in [0.3, 0.4) is 0 Å². The Morgan fingerprint density at radius 3 is 2.16 bits per heavy atom. The zero-order valence-electron chi connectivity index (χ0n) is 14.9. The summed E-state index contributed by atoms with van der Waals surface area (Å²) in [5.74, 6) is 0.872. The van der Waals surface area contributed by atoms with Gasteiger partial charge in [-0.05, 0) is 49.4 Å². The van der Waals surface area contributed by atoms with Gasteiger partial charge in [-0.15, -0.1) is 0 Å². The quantitative estimate of drug-likeness (QED) is 0.837. The predicted molar refractivity (Wildman–Crippen MR) is 102 cm³/mol. The Morgan fingerprint density at radius 2 is 1.52 bits per heavy atom. The minimum absolute atomic E-state index is 0.132. The summed E-state index contributed by atoms with van der Waals surface area (Å²) in [5.41, 5.74) is 2.48.